The Labute approximate surface area is 151 Å². The number of benzene rings is 1. The standard InChI is InChI=1S/C17H22N6O3/c1-2-14-20-15(22-21-14)12-5-3-6-13(11-12)19-16(24)18-7-9-23-8-4-10-26-17(23)25/h3,5-6,11H,2,4,7-10H2,1H3,(H2,18,19,24)(H,20,21,22). The average molecular weight is 358 g/mol. The number of nitrogens with zero attached hydrogens (tertiary/aromatic N) is 3. The lowest BCUT2D eigenvalue weighted by atomic mass is 10.2. The van der Waals surface area contributed by atoms with E-state index in [9.17, 15) is 9.59 Å². The highest BCUT2D eigenvalue weighted by atomic mass is 16.6. The first-order valence-electron chi connectivity index (χ1n) is 8.64. The van der Waals surface area contributed by atoms with Gasteiger partial charge in [0.1, 0.15) is 5.82 Å². The first-order valence-corrected chi connectivity index (χ1v) is 8.64. The Balaban J connectivity index is 1.51. The molecule has 9 nitrogen and oxygen atoms in total. The van der Waals surface area contributed by atoms with Crippen LogP contribution in [0.5, 0.6) is 0 Å². The van der Waals surface area contributed by atoms with Gasteiger partial charge >= 0.3 is 12.1 Å². The molecule has 26 heavy (non-hydrogen) atoms. The number of nitrogens with one attached hydrogen (secondary N) is 3. The second-order valence-corrected chi connectivity index (χ2v) is 5.88. The van der Waals surface area contributed by atoms with Gasteiger partial charge in [0.05, 0.1) is 6.61 Å². The second kappa shape index (κ2) is 8.32. The van der Waals surface area contributed by atoms with Crippen LogP contribution >= 0.6 is 0 Å². The van der Waals surface area contributed by atoms with Crippen molar-refractivity contribution in [2.45, 2.75) is 19.8 Å². The minimum atomic E-state index is -0.336. The molecule has 0 spiro atoms. The number of cyclic esters (lactones) is 1. The van der Waals surface area contributed by atoms with Crippen molar-refractivity contribution in [2.75, 3.05) is 31.6 Å². The van der Waals surface area contributed by atoms with Crippen molar-refractivity contribution in [2.24, 2.45) is 0 Å². The van der Waals surface area contributed by atoms with Crippen LogP contribution in [0.25, 0.3) is 11.4 Å². The van der Waals surface area contributed by atoms with E-state index in [0.717, 1.165) is 24.2 Å². The van der Waals surface area contributed by atoms with Gasteiger partial charge in [-0.2, -0.15) is 5.10 Å². The summed E-state index contributed by atoms with van der Waals surface area (Å²) < 4.78 is 4.95. The zero-order valence-electron chi connectivity index (χ0n) is 14.6. The molecule has 2 heterocycles. The van der Waals surface area contributed by atoms with Crippen LogP contribution < -0.4 is 10.6 Å². The largest absolute Gasteiger partial charge is 0.449 e. The van der Waals surface area contributed by atoms with Crippen molar-refractivity contribution >= 4 is 17.8 Å². The van der Waals surface area contributed by atoms with Gasteiger partial charge in [-0.3, -0.25) is 5.10 Å². The maximum Gasteiger partial charge on any atom is 0.409 e. The Bertz CT molecular complexity index is 775. The van der Waals surface area contributed by atoms with E-state index in [0.29, 0.717) is 37.8 Å². The van der Waals surface area contributed by atoms with Crippen molar-refractivity contribution < 1.29 is 14.3 Å². The minimum Gasteiger partial charge on any atom is -0.449 e. The molecular weight excluding hydrogens is 336 g/mol. The molecule has 0 aliphatic carbocycles. The van der Waals surface area contributed by atoms with Crippen LogP contribution in [0.2, 0.25) is 0 Å². The van der Waals surface area contributed by atoms with E-state index < -0.39 is 0 Å². The van der Waals surface area contributed by atoms with E-state index in [1.165, 1.54) is 0 Å². The fourth-order valence-electron chi connectivity index (χ4n) is 2.60. The number of aromatic nitrogens is 3. The van der Waals surface area contributed by atoms with Gasteiger partial charge in [0.25, 0.3) is 0 Å². The third-order valence-electron chi connectivity index (χ3n) is 3.97. The topological polar surface area (TPSA) is 112 Å². The van der Waals surface area contributed by atoms with Crippen LogP contribution in [0, 0.1) is 0 Å². The maximum absolute atomic E-state index is 12.0. The molecule has 3 rings (SSSR count). The molecule has 9 heteroatoms. The van der Waals surface area contributed by atoms with Crippen LogP contribution in [0.4, 0.5) is 15.3 Å². The summed E-state index contributed by atoms with van der Waals surface area (Å²) >= 11 is 0. The van der Waals surface area contributed by atoms with Gasteiger partial charge in [-0.15, -0.1) is 0 Å². The Hall–Kier alpha value is -3.10. The molecule has 138 valence electrons. The molecule has 3 N–H and O–H groups in total. The van der Waals surface area contributed by atoms with Crippen molar-refractivity contribution in [1.29, 1.82) is 0 Å². The molecule has 1 aromatic carbocycles. The van der Waals surface area contributed by atoms with Crippen LogP contribution in [-0.2, 0) is 11.2 Å². The zero-order valence-corrected chi connectivity index (χ0v) is 14.6. The predicted octanol–water partition coefficient (Wildman–Crippen LogP) is 2.00. The number of ether oxygens (including phenoxy) is 1. The lowest BCUT2D eigenvalue weighted by molar-refractivity contribution is 0.0736. The van der Waals surface area contributed by atoms with E-state index in [2.05, 4.69) is 25.8 Å². The zero-order chi connectivity index (χ0) is 18.4. The van der Waals surface area contributed by atoms with Gasteiger partial charge < -0.3 is 20.3 Å². The summed E-state index contributed by atoms with van der Waals surface area (Å²) in [5.74, 6) is 1.40. The molecule has 1 saturated heterocycles. The van der Waals surface area contributed by atoms with Crippen LogP contribution in [0.3, 0.4) is 0 Å². The summed E-state index contributed by atoms with van der Waals surface area (Å²) in [6.07, 6.45) is 1.26. The van der Waals surface area contributed by atoms with Crippen LogP contribution in [0.15, 0.2) is 24.3 Å². The fourth-order valence-corrected chi connectivity index (χ4v) is 2.60. The van der Waals surface area contributed by atoms with Gasteiger partial charge in [-0.1, -0.05) is 19.1 Å². The van der Waals surface area contributed by atoms with E-state index in [1.54, 1.807) is 11.0 Å². The number of carbonyl (C=O) groups excluding carboxylic acids is 2. The summed E-state index contributed by atoms with van der Waals surface area (Å²) in [4.78, 5) is 29.5. The molecular formula is C17H22N6O3. The number of amides is 3. The monoisotopic (exact) mass is 358 g/mol. The highest BCUT2D eigenvalue weighted by Gasteiger charge is 2.18. The number of anilines is 1. The smallest absolute Gasteiger partial charge is 0.409 e. The average Bonchev–Trinajstić information content (AvgIpc) is 3.13. The summed E-state index contributed by atoms with van der Waals surface area (Å²) in [6.45, 7) is 3.88. The Kier molecular flexibility index (Phi) is 5.67. The number of hydrogen-bond acceptors (Lipinski definition) is 5. The summed E-state index contributed by atoms with van der Waals surface area (Å²) in [5.41, 5.74) is 1.45. The normalized spacial score (nSPS) is 14.0. The van der Waals surface area contributed by atoms with Crippen molar-refractivity contribution in [3.05, 3.63) is 30.1 Å². The quantitative estimate of drug-likeness (QED) is 0.731. The minimum absolute atomic E-state index is 0.330. The molecule has 0 saturated carbocycles. The first-order chi connectivity index (χ1) is 12.7. The SMILES string of the molecule is CCc1nc(-c2cccc(NC(=O)NCCN3CCCOC3=O)c2)n[nH]1. The number of hydrogen-bond donors (Lipinski definition) is 3. The first kappa shape index (κ1) is 17.7. The molecule has 3 amide bonds. The molecule has 0 unspecified atom stereocenters. The van der Waals surface area contributed by atoms with E-state index in [4.69, 9.17) is 4.74 Å². The number of aromatic amines is 1. The number of rotatable bonds is 6. The fraction of sp³-hybridized carbons (Fsp3) is 0.412. The van der Waals surface area contributed by atoms with E-state index >= 15 is 0 Å². The Morgan fingerprint density at radius 3 is 3.08 bits per heavy atom. The molecule has 1 aliphatic heterocycles. The predicted molar refractivity (Wildman–Crippen MR) is 95.8 cm³/mol. The van der Waals surface area contributed by atoms with E-state index in [-0.39, 0.29) is 12.1 Å². The molecule has 0 bridgehead atoms. The van der Waals surface area contributed by atoms with Gasteiger partial charge in [-0.25, -0.2) is 14.6 Å². The number of urea groups is 1. The highest BCUT2D eigenvalue weighted by molar-refractivity contribution is 5.89. The van der Waals surface area contributed by atoms with Gasteiger partial charge in [0.15, 0.2) is 5.82 Å². The van der Waals surface area contributed by atoms with Crippen molar-refractivity contribution in [3.63, 3.8) is 0 Å². The van der Waals surface area contributed by atoms with Gasteiger partial charge in [-0.05, 0) is 18.6 Å². The van der Waals surface area contributed by atoms with Crippen molar-refractivity contribution in [1.82, 2.24) is 25.4 Å². The van der Waals surface area contributed by atoms with Crippen LogP contribution in [0.1, 0.15) is 19.2 Å². The maximum atomic E-state index is 12.0. The third-order valence-corrected chi connectivity index (χ3v) is 3.97. The highest BCUT2D eigenvalue weighted by Crippen LogP contribution is 2.19. The van der Waals surface area contributed by atoms with E-state index in [1.807, 2.05) is 25.1 Å². The summed E-state index contributed by atoms with van der Waals surface area (Å²) in [7, 11) is 0. The van der Waals surface area contributed by atoms with Gasteiger partial charge in [0, 0.05) is 37.3 Å². The summed E-state index contributed by atoms with van der Waals surface area (Å²) in [6, 6.07) is 6.98. The second-order valence-electron chi connectivity index (χ2n) is 5.88. The number of H-pyrrole nitrogens is 1. The Morgan fingerprint density at radius 1 is 1.42 bits per heavy atom. The lowest BCUT2D eigenvalue weighted by Gasteiger charge is -2.26. The summed E-state index contributed by atoms with van der Waals surface area (Å²) in [5, 5.41) is 12.6. The van der Waals surface area contributed by atoms with Gasteiger partial charge in [0.2, 0.25) is 0 Å². The number of carbonyl (C=O) groups is 2. The molecule has 0 radical (unpaired) electrons. The molecule has 0 atom stereocenters. The molecule has 1 aromatic heterocycles. The third kappa shape index (κ3) is 4.50. The van der Waals surface area contributed by atoms with Crippen LogP contribution in [-0.4, -0.2) is 58.4 Å². The number of aryl methyl sites for hydroxylation is 1. The molecule has 1 aliphatic rings. The molecule has 2 aromatic rings. The lowest BCUT2D eigenvalue weighted by Crippen LogP contribution is -2.43. The molecule has 1 fully saturated rings. The van der Waals surface area contributed by atoms with Crippen molar-refractivity contribution in [3.8, 4) is 11.4 Å². The Morgan fingerprint density at radius 2 is 2.31 bits per heavy atom.